The highest BCUT2D eigenvalue weighted by Crippen LogP contribution is 2.24. The first-order valence-corrected chi connectivity index (χ1v) is 7.00. The van der Waals surface area contributed by atoms with Gasteiger partial charge in [-0.15, -0.1) is 0 Å². The Bertz CT molecular complexity index is 406. The molecular weight excluding hydrogens is 282 g/mol. The van der Waals surface area contributed by atoms with Crippen LogP contribution in [-0.2, 0) is 0 Å². The number of alkyl halides is 1. The molecule has 3 nitrogen and oxygen atoms in total. The lowest BCUT2D eigenvalue weighted by Crippen LogP contribution is -2.37. The van der Waals surface area contributed by atoms with Gasteiger partial charge in [0.2, 0.25) is 0 Å². The fourth-order valence-electron chi connectivity index (χ4n) is 2.32. The SMILES string of the molecule is Cc1cc(C(=O)NC2CCC(Br)CC2)c(C)o1. The van der Waals surface area contributed by atoms with Crippen LogP contribution in [0.4, 0.5) is 0 Å². The molecule has 17 heavy (non-hydrogen) atoms. The Hall–Kier alpha value is -0.770. The zero-order valence-electron chi connectivity index (χ0n) is 10.3. The Labute approximate surface area is 110 Å². The number of aryl methyl sites for hydroxylation is 2. The summed E-state index contributed by atoms with van der Waals surface area (Å²) in [6.45, 7) is 3.69. The summed E-state index contributed by atoms with van der Waals surface area (Å²) in [5.41, 5.74) is 0.670. The fraction of sp³-hybridized carbons (Fsp3) is 0.615. The van der Waals surface area contributed by atoms with Crippen molar-refractivity contribution in [1.82, 2.24) is 5.32 Å². The smallest absolute Gasteiger partial charge is 0.255 e. The van der Waals surface area contributed by atoms with Crippen molar-refractivity contribution in [3.63, 3.8) is 0 Å². The van der Waals surface area contributed by atoms with Crippen molar-refractivity contribution in [2.24, 2.45) is 0 Å². The zero-order chi connectivity index (χ0) is 12.4. The summed E-state index contributed by atoms with van der Waals surface area (Å²) in [6, 6.07) is 2.12. The predicted molar refractivity (Wildman–Crippen MR) is 70.6 cm³/mol. The molecule has 0 saturated heterocycles. The number of furan rings is 1. The molecule has 94 valence electrons. The second kappa shape index (κ2) is 5.25. The monoisotopic (exact) mass is 299 g/mol. The van der Waals surface area contributed by atoms with Crippen molar-refractivity contribution >= 4 is 21.8 Å². The molecule has 0 unspecified atom stereocenters. The van der Waals surface area contributed by atoms with E-state index in [0.29, 0.717) is 22.2 Å². The first kappa shape index (κ1) is 12.7. The van der Waals surface area contributed by atoms with Gasteiger partial charge < -0.3 is 9.73 Å². The molecule has 0 radical (unpaired) electrons. The second-order valence-corrected chi connectivity index (χ2v) is 6.04. The maximum Gasteiger partial charge on any atom is 0.255 e. The third kappa shape index (κ3) is 3.12. The average molecular weight is 300 g/mol. The minimum absolute atomic E-state index is 0.00243. The van der Waals surface area contributed by atoms with Gasteiger partial charge in [-0.3, -0.25) is 4.79 Å². The van der Waals surface area contributed by atoms with E-state index >= 15 is 0 Å². The number of nitrogens with one attached hydrogen (secondary N) is 1. The van der Waals surface area contributed by atoms with Crippen molar-refractivity contribution in [3.8, 4) is 0 Å². The van der Waals surface area contributed by atoms with Crippen LogP contribution in [0.1, 0.15) is 47.6 Å². The molecule has 0 aliphatic heterocycles. The quantitative estimate of drug-likeness (QED) is 0.851. The highest BCUT2D eigenvalue weighted by Gasteiger charge is 2.22. The van der Waals surface area contributed by atoms with E-state index in [1.807, 2.05) is 13.8 Å². The molecule has 1 saturated carbocycles. The van der Waals surface area contributed by atoms with E-state index in [-0.39, 0.29) is 5.91 Å². The third-order valence-electron chi connectivity index (χ3n) is 3.28. The van der Waals surface area contributed by atoms with E-state index in [9.17, 15) is 4.79 Å². The van der Waals surface area contributed by atoms with Gasteiger partial charge in [0, 0.05) is 10.9 Å². The molecule has 0 atom stereocenters. The van der Waals surface area contributed by atoms with Gasteiger partial charge in [-0.25, -0.2) is 0 Å². The normalized spacial score (nSPS) is 24.6. The van der Waals surface area contributed by atoms with Crippen LogP contribution >= 0.6 is 15.9 Å². The van der Waals surface area contributed by atoms with Crippen molar-refractivity contribution in [1.29, 1.82) is 0 Å². The van der Waals surface area contributed by atoms with E-state index in [1.165, 1.54) is 0 Å². The number of hydrogen-bond donors (Lipinski definition) is 1. The number of carbonyl (C=O) groups is 1. The molecule has 1 amide bonds. The van der Waals surface area contributed by atoms with Gasteiger partial charge in [0.15, 0.2) is 0 Å². The molecule has 0 bridgehead atoms. The van der Waals surface area contributed by atoms with Crippen molar-refractivity contribution in [2.45, 2.75) is 50.4 Å². The first-order valence-electron chi connectivity index (χ1n) is 6.08. The minimum atomic E-state index is -0.00243. The Kier molecular flexibility index (Phi) is 3.92. The highest BCUT2D eigenvalue weighted by molar-refractivity contribution is 9.09. The first-order chi connectivity index (χ1) is 8.06. The summed E-state index contributed by atoms with van der Waals surface area (Å²) in [4.78, 5) is 12.7. The summed E-state index contributed by atoms with van der Waals surface area (Å²) >= 11 is 3.61. The number of amides is 1. The standard InChI is InChI=1S/C13H18BrNO2/c1-8-7-12(9(2)17-8)13(16)15-11-5-3-10(14)4-6-11/h7,10-11H,3-6H2,1-2H3,(H,15,16). The third-order valence-corrected chi connectivity index (χ3v) is 4.19. The van der Waals surface area contributed by atoms with Gasteiger partial charge in [0.25, 0.3) is 5.91 Å². The molecule has 4 heteroatoms. The predicted octanol–water partition coefficient (Wildman–Crippen LogP) is 3.33. The summed E-state index contributed by atoms with van der Waals surface area (Å²) in [7, 11) is 0. The molecule has 1 aliphatic carbocycles. The zero-order valence-corrected chi connectivity index (χ0v) is 11.8. The van der Waals surface area contributed by atoms with E-state index in [1.54, 1.807) is 6.07 Å². The Morgan fingerprint density at radius 3 is 2.53 bits per heavy atom. The van der Waals surface area contributed by atoms with Gasteiger partial charge in [-0.05, 0) is 45.6 Å². The van der Waals surface area contributed by atoms with Crippen LogP contribution in [0.3, 0.4) is 0 Å². The topological polar surface area (TPSA) is 42.2 Å². The van der Waals surface area contributed by atoms with E-state index in [2.05, 4.69) is 21.2 Å². The largest absolute Gasteiger partial charge is 0.466 e. The van der Waals surface area contributed by atoms with Crippen LogP contribution < -0.4 is 5.32 Å². The molecule has 0 aromatic carbocycles. The average Bonchev–Trinajstić information content (AvgIpc) is 2.61. The summed E-state index contributed by atoms with van der Waals surface area (Å²) < 4.78 is 5.37. The molecule has 1 fully saturated rings. The summed E-state index contributed by atoms with van der Waals surface area (Å²) in [6.07, 6.45) is 4.37. The minimum Gasteiger partial charge on any atom is -0.466 e. The Balaban J connectivity index is 1.95. The number of rotatable bonds is 2. The molecule has 1 aromatic heterocycles. The van der Waals surface area contributed by atoms with Crippen molar-refractivity contribution in [2.75, 3.05) is 0 Å². The maximum atomic E-state index is 12.0. The van der Waals surface area contributed by atoms with E-state index in [4.69, 9.17) is 4.42 Å². The highest BCUT2D eigenvalue weighted by atomic mass is 79.9. The van der Waals surface area contributed by atoms with Crippen LogP contribution in [0.5, 0.6) is 0 Å². The molecule has 1 N–H and O–H groups in total. The number of hydrogen-bond acceptors (Lipinski definition) is 2. The van der Waals surface area contributed by atoms with Gasteiger partial charge in [-0.1, -0.05) is 15.9 Å². The Morgan fingerprint density at radius 1 is 1.35 bits per heavy atom. The van der Waals surface area contributed by atoms with E-state index in [0.717, 1.165) is 31.4 Å². The van der Waals surface area contributed by atoms with Crippen LogP contribution in [0.25, 0.3) is 0 Å². The van der Waals surface area contributed by atoms with Crippen LogP contribution in [0.15, 0.2) is 10.5 Å². The van der Waals surface area contributed by atoms with Gasteiger partial charge >= 0.3 is 0 Å². The number of carbonyl (C=O) groups excluding carboxylic acids is 1. The van der Waals surface area contributed by atoms with Gasteiger partial charge in [-0.2, -0.15) is 0 Å². The van der Waals surface area contributed by atoms with E-state index < -0.39 is 0 Å². The lowest BCUT2D eigenvalue weighted by atomic mass is 9.95. The maximum absolute atomic E-state index is 12.0. The summed E-state index contributed by atoms with van der Waals surface area (Å²) in [5.74, 6) is 1.49. The number of halogens is 1. The van der Waals surface area contributed by atoms with Crippen LogP contribution in [0, 0.1) is 13.8 Å². The molecular formula is C13H18BrNO2. The lowest BCUT2D eigenvalue weighted by Gasteiger charge is -2.25. The van der Waals surface area contributed by atoms with Gasteiger partial charge in [0.1, 0.15) is 11.5 Å². The lowest BCUT2D eigenvalue weighted by molar-refractivity contribution is 0.0927. The molecule has 1 aromatic rings. The summed E-state index contributed by atoms with van der Waals surface area (Å²) in [5, 5.41) is 3.09. The van der Waals surface area contributed by atoms with Gasteiger partial charge in [0.05, 0.1) is 5.56 Å². The molecule has 1 heterocycles. The van der Waals surface area contributed by atoms with Crippen LogP contribution in [-0.4, -0.2) is 16.8 Å². The van der Waals surface area contributed by atoms with Crippen LogP contribution in [0.2, 0.25) is 0 Å². The molecule has 0 spiro atoms. The van der Waals surface area contributed by atoms with Crippen molar-refractivity contribution in [3.05, 3.63) is 23.2 Å². The van der Waals surface area contributed by atoms with Crippen molar-refractivity contribution < 1.29 is 9.21 Å². The fourth-order valence-corrected chi connectivity index (χ4v) is 2.85. The molecule has 1 aliphatic rings. The second-order valence-electron chi connectivity index (χ2n) is 4.75. The Morgan fingerprint density at radius 2 is 2.00 bits per heavy atom. The molecule has 2 rings (SSSR count).